The van der Waals surface area contributed by atoms with Crippen LogP contribution in [-0.2, 0) is 0 Å². The van der Waals surface area contributed by atoms with Crippen molar-refractivity contribution in [3.8, 4) is 0 Å². The van der Waals surface area contributed by atoms with Crippen molar-refractivity contribution < 1.29 is 4.39 Å². The molecule has 0 amide bonds. The van der Waals surface area contributed by atoms with Gasteiger partial charge in [0.05, 0.1) is 0 Å². The predicted octanol–water partition coefficient (Wildman–Crippen LogP) is 4.34. The molecule has 1 saturated heterocycles. The Morgan fingerprint density at radius 3 is 2.43 bits per heavy atom. The summed E-state index contributed by atoms with van der Waals surface area (Å²) in [5.41, 5.74) is 3.05. The van der Waals surface area contributed by atoms with E-state index in [4.69, 9.17) is 9.97 Å². The highest BCUT2D eigenvalue weighted by Gasteiger charge is 2.43. The molecular weight excluding hydrogens is 443 g/mol. The van der Waals surface area contributed by atoms with Gasteiger partial charge in [-0.1, -0.05) is 6.92 Å². The van der Waals surface area contributed by atoms with Crippen LogP contribution in [0, 0.1) is 24.6 Å². The van der Waals surface area contributed by atoms with E-state index in [9.17, 15) is 4.39 Å². The lowest BCUT2D eigenvalue weighted by Gasteiger charge is -2.39. The van der Waals surface area contributed by atoms with Gasteiger partial charge in [0.25, 0.3) is 0 Å². The fraction of sp³-hybridized carbons (Fsp3) is 0.462. The first kappa shape index (κ1) is 22.0. The molecule has 2 aliphatic heterocycles. The molecule has 2 fully saturated rings. The number of nitrogens with one attached hydrogen (secondary N) is 2. The van der Waals surface area contributed by atoms with E-state index in [0.29, 0.717) is 23.8 Å². The summed E-state index contributed by atoms with van der Waals surface area (Å²) in [5.74, 6) is 4.47. The van der Waals surface area contributed by atoms with Crippen molar-refractivity contribution in [2.45, 2.75) is 38.6 Å². The summed E-state index contributed by atoms with van der Waals surface area (Å²) in [6.07, 6.45) is 4.03. The maximum absolute atomic E-state index is 13.5. The largest absolute Gasteiger partial charge is 0.373 e. The van der Waals surface area contributed by atoms with Crippen LogP contribution in [0.15, 0.2) is 36.7 Å². The highest BCUT2D eigenvalue weighted by atomic mass is 19.1. The zero-order valence-corrected chi connectivity index (χ0v) is 20.4. The summed E-state index contributed by atoms with van der Waals surface area (Å²) in [6.45, 7) is 6.91. The van der Waals surface area contributed by atoms with Crippen LogP contribution in [0.4, 0.5) is 33.5 Å². The quantitative estimate of drug-likeness (QED) is 0.565. The van der Waals surface area contributed by atoms with E-state index in [1.807, 2.05) is 26.1 Å². The van der Waals surface area contributed by atoms with E-state index in [1.165, 1.54) is 25.0 Å². The Labute approximate surface area is 205 Å². The summed E-state index contributed by atoms with van der Waals surface area (Å²) in [7, 11) is 1.91. The molecule has 0 spiro atoms. The Balaban J connectivity index is 1.27. The number of aromatic nitrogens is 4. The second kappa shape index (κ2) is 8.62. The number of benzene rings is 1. The third-order valence-electron chi connectivity index (χ3n) is 7.75. The van der Waals surface area contributed by atoms with E-state index in [-0.39, 0.29) is 11.7 Å². The van der Waals surface area contributed by atoms with Crippen molar-refractivity contribution >= 4 is 29.1 Å². The third-order valence-corrected chi connectivity index (χ3v) is 7.75. The number of hydrogen-bond donors (Lipinski definition) is 2. The monoisotopic (exact) mass is 474 g/mol. The first-order valence-electron chi connectivity index (χ1n) is 12.4. The predicted molar refractivity (Wildman–Crippen MR) is 136 cm³/mol. The number of piperidine rings is 1. The molecule has 2 unspecified atom stereocenters. The van der Waals surface area contributed by atoms with Crippen molar-refractivity contribution in [2.24, 2.45) is 11.8 Å². The molecule has 2 N–H and O–H groups in total. The topological polar surface area (TPSA) is 82.1 Å². The molecule has 4 atom stereocenters. The highest BCUT2D eigenvalue weighted by molar-refractivity contribution is 5.74. The first-order chi connectivity index (χ1) is 17.0. The number of nitrogens with zero attached hydrogens (tertiary/aromatic N) is 6. The van der Waals surface area contributed by atoms with Crippen LogP contribution >= 0.6 is 0 Å². The number of halogens is 1. The van der Waals surface area contributed by atoms with Gasteiger partial charge in [-0.15, -0.1) is 0 Å². The molecule has 8 nitrogen and oxygen atoms in total. The van der Waals surface area contributed by atoms with Gasteiger partial charge in [0.2, 0.25) is 5.95 Å². The van der Waals surface area contributed by atoms with E-state index >= 15 is 0 Å². The van der Waals surface area contributed by atoms with Crippen molar-refractivity contribution in [1.29, 1.82) is 0 Å². The number of hydrogen-bond acceptors (Lipinski definition) is 8. The summed E-state index contributed by atoms with van der Waals surface area (Å²) in [6, 6.07) is 9.03. The van der Waals surface area contributed by atoms with Gasteiger partial charge < -0.3 is 20.4 Å². The SMILES string of the molecule is CNc1nc(NC2[C@@H]3CC[C@H]2CN(c2cc(C)ncn2)C3)nc2c1C(C)CN2c1ccc(F)cc1. The highest BCUT2D eigenvalue weighted by Crippen LogP contribution is 2.44. The van der Waals surface area contributed by atoms with E-state index in [0.717, 1.165) is 54.0 Å². The van der Waals surface area contributed by atoms with Crippen LogP contribution in [0.3, 0.4) is 0 Å². The zero-order chi connectivity index (χ0) is 24.1. The minimum absolute atomic E-state index is 0.235. The van der Waals surface area contributed by atoms with Crippen LogP contribution < -0.4 is 20.4 Å². The van der Waals surface area contributed by atoms with Crippen LogP contribution in [0.1, 0.15) is 36.9 Å². The van der Waals surface area contributed by atoms with Gasteiger partial charge in [0, 0.05) is 61.7 Å². The normalized spacial score (nSPS) is 25.0. The maximum atomic E-state index is 13.5. The Morgan fingerprint density at radius 1 is 1.00 bits per heavy atom. The number of aryl methyl sites for hydroxylation is 1. The smallest absolute Gasteiger partial charge is 0.226 e. The van der Waals surface area contributed by atoms with E-state index in [2.05, 4.69) is 43.4 Å². The second-order valence-electron chi connectivity index (χ2n) is 10.1. The van der Waals surface area contributed by atoms with Gasteiger partial charge in [0.1, 0.15) is 29.6 Å². The molecule has 182 valence electrons. The molecule has 1 aliphatic carbocycles. The lowest BCUT2D eigenvalue weighted by Crippen LogP contribution is -2.48. The molecule has 3 aromatic rings. The van der Waals surface area contributed by atoms with Crippen molar-refractivity contribution in [1.82, 2.24) is 19.9 Å². The Hall–Kier alpha value is -3.49. The van der Waals surface area contributed by atoms with Gasteiger partial charge in [-0.3, -0.25) is 0 Å². The lowest BCUT2D eigenvalue weighted by atomic mass is 9.92. The Morgan fingerprint density at radius 2 is 1.74 bits per heavy atom. The average molecular weight is 475 g/mol. The average Bonchev–Trinajstić information content (AvgIpc) is 3.29. The lowest BCUT2D eigenvalue weighted by molar-refractivity contribution is 0.375. The summed E-state index contributed by atoms with van der Waals surface area (Å²) in [5, 5.41) is 7.01. The molecule has 1 aromatic carbocycles. The number of anilines is 5. The van der Waals surface area contributed by atoms with E-state index < -0.39 is 0 Å². The van der Waals surface area contributed by atoms with Crippen molar-refractivity contribution in [2.75, 3.05) is 47.1 Å². The molecule has 2 aromatic heterocycles. The van der Waals surface area contributed by atoms with Crippen molar-refractivity contribution in [3.05, 3.63) is 53.7 Å². The van der Waals surface area contributed by atoms with Gasteiger partial charge in [0.15, 0.2) is 0 Å². The van der Waals surface area contributed by atoms with Gasteiger partial charge in [-0.2, -0.15) is 9.97 Å². The Kier molecular flexibility index (Phi) is 5.42. The summed E-state index contributed by atoms with van der Waals surface area (Å²) >= 11 is 0. The van der Waals surface area contributed by atoms with Crippen LogP contribution in [0.25, 0.3) is 0 Å². The third kappa shape index (κ3) is 3.92. The molecule has 6 rings (SSSR count). The minimum Gasteiger partial charge on any atom is -0.373 e. The molecule has 0 radical (unpaired) electrons. The van der Waals surface area contributed by atoms with Gasteiger partial charge in [-0.05, 0) is 55.9 Å². The van der Waals surface area contributed by atoms with Crippen LogP contribution in [-0.4, -0.2) is 52.7 Å². The number of fused-ring (bicyclic) bond motifs is 3. The van der Waals surface area contributed by atoms with Gasteiger partial charge >= 0.3 is 0 Å². The van der Waals surface area contributed by atoms with Gasteiger partial charge in [-0.25, -0.2) is 14.4 Å². The molecule has 35 heavy (non-hydrogen) atoms. The Bertz CT molecular complexity index is 1220. The molecule has 3 aliphatic rings. The molecule has 2 bridgehead atoms. The molecule has 4 heterocycles. The summed E-state index contributed by atoms with van der Waals surface area (Å²) < 4.78 is 13.5. The minimum atomic E-state index is -0.235. The van der Waals surface area contributed by atoms with Crippen molar-refractivity contribution in [3.63, 3.8) is 0 Å². The standard InChI is InChI=1S/C26H31FN8/c1-15-11-35(20-8-6-19(27)7-9-20)25-22(15)24(28-3)32-26(33-25)31-23-17-4-5-18(23)13-34(12-17)21-10-16(2)29-14-30-21/h6-10,14-15,17-18,23H,4-5,11-13H2,1-3H3,(H2,28,31,32,33)/t15?,17-,18+,23?. The fourth-order valence-corrected chi connectivity index (χ4v) is 6.08. The molecule has 1 saturated carbocycles. The first-order valence-corrected chi connectivity index (χ1v) is 12.4. The van der Waals surface area contributed by atoms with Crippen LogP contribution in [0.5, 0.6) is 0 Å². The zero-order valence-electron chi connectivity index (χ0n) is 20.4. The van der Waals surface area contributed by atoms with Crippen LogP contribution in [0.2, 0.25) is 0 Å². The van der Waals surface area contributed by atoms with E-state index in [1.54, 1.807) is 6.33 Å². The maximum Gasteiger partial charge on any atom is 0.226 e. The fourth-order valence-electron chi connectivity index (χ4n) is 6.08. The molecule has 9 heteroatoms. The molecular formula is C26H31FN8. The summed E-state index contributed by atoms with van der Waals surface area (Å²) in [4.78, 5) is 23.2. The second-order valence-corrected chi connectivity index (χ2v) is 10.1. The number of rotatable bonds is 5.